The molecule has 1 aliphatic rings. The van der Waals surface area contributed by atoms with Crippen LogP contribution >= 0.6 is 0 Å². The van der Waals surface area contributed by atoms with Crippen molar-refractivity contribution in [1.29, 1.82) is 0 Å². The molecule has 1 amide bonds. The average molecular weight is 437 g/mol. The Labute approximate surface area is 182 Å². The van der Waals surface area contributed by atoms with Gasteiger partial charge in [0.05, 0.1) is 16.9 Å². The van der Waals surface area contributed by atoms with Gasteiger partial charge in [0, 0.05) is 31.0 Å². The summed E-state index contributed by atoms with van der Waals surface area (Å²) in [5.74, 6) is -0.591. The third-order valence-electron chi connectivity index (χ3n) is 5.52. The average Bonchev–Trinajstić information content (AvgIpc) is 2.84. The first-order valence-corrected chi connectivity index (χ1v) is 11.6. The van der Waals surface area contributed by atoms with E-state index in [1.165, 1.54) is 10.6 Å². The highest BCUT2D eigenvalue weighted by atomic mass is 32.2. The van der Waals surface area contributed by atoms with Crippen LogP contribution in [0.2, 0.25) is 0 Å². The molecule has 1 aliphatic heterocycles. The van der Waals surface area contributed by atoms with Crippen LogP contribution in [-0.2, 0) is 21.4 Å². The minimum atomic E-state index is -3.76. The van der Waals surface area contributed by atoms with Crippen molar-refractivity contribution in [2.45, 2.75) is 30.3 Å². The van der Waals surface area contributed by atoms with Crippen molar-refractivity contribution in [2.75, 3.05) is 6.54 Å². The Morgan fingerprint density at radius 2 is 1.61 bits per heavy atom. The summed E-state index contributed by atoms with van der Waals surface area (Å²) in [6.45, 7) is 0.442. The van der Waals surface area contributed by atoms with E-state index in [2.05, 4.69) is 15.3 Å². The summed E-state index contributed by atoms with van der Waals surface area (Å²) in [6.07, 6.45) is 5.90. The quantitative estimate of drug-likeness (QED) is 0.641. The molecule has 0 unspecified atom stereocenters. The number of hydrogen-bond donors (Lipinski definition) is 1. The van der Waals surface area contributed by atoms with Crippen LogP contribution < -0.4 is 5.32 Å². The molecule has 1 aromatic heterocycles. The highest BCUT2D eigenvalue weighted by Gasteiger charge is 2.39. The number of hydrogen-bond acceptors (Lipinski definition) is 5. The number of benzene rings is 2. The molecule has 1 fully saturated rings. The van der Waals surface area contributed by atoms with Gasteiger partial charge in [0.25, 0.3) is 0 Å². The van der Waals surface area contributed by atoms with Crippen molar-refractivity contribution in [2.24, 2.45) is 5.92 Å². The zero-order valence-electron chi connectivity index (χ0n) is 17.0. The molecule has 0 saturated carbocycles. The standard InChI is InChI=1S/C23H24N4O3S/c28-23(26-15-18-13-24-17-25-14-18)20-11-12-22(19-7-3-1-4-8-19)27(16-20)31(29,30)21-9-5-2-6-10-21/h1-10,13-14,17,20,22H,11-12,15-16H2,(H,26,28)/t20-,22-/m1/s1. The molecule has 7 nitrogen and oxygen atoms in total. The van der Waals surface area contributed by atoms with Gasteiger partial charge in [0.2, 0.25) is 15.9 Å². The number of amides is 1. The monoisotopic (exact) mass is 436 g/mol. The first-order chi connectivity index (χ1) is 15.1. The van der Waals surface area contributed by atoms with E-state index in [0.29, 0.717) is 19.4 Å². The molecule has 0 spiro atoms. The van der Waals surface area contributed by atoms with Gasteiger partial charge in [-0.3, -0.25) is 4.79 Å². The lowest BCUT2D eigenvalue weighted by atomic mass is 9.90. The third-order valence-corrected chi connectivity index (χ3v) is 7.41. The molecule has 2 aromatic carbocycles. The van der Waals surface area contributed by atoms with Gasteiger partial charge < -0.3 is 5.32 Å². The van der Waals surface area contributed by atoms with E-state index in [4.69, 9.17) is 0 Å². The number of nitrogens with one attached hydrogen (secondary N) is 1. The predicted octanol–water partition coefficient (Wildman–Crippen LogP) is 2.94. The molecule has 1 saturated heterocycles. The summed E-state index contributed by atoms with van der Waals surface area (Å²) in [7, 11) is -3.76. The number of carbonyl (C=O) groups excluding carboxylic acids is 1. The molecule has 2 heterocycles. The molecule has 160 valence electrons. The van der Waals surface area contributed by atoms with E-state index >= 15 is 0 Å². The lowest BCUT2D eigenvalue weighted by Crippen LogP contribution is -2.46. The maximum absolute atomic E-state index is 13.5. The van der Waals surface area contributed by atoms with Gasteiger partial charge in [-0.25, -0.2) is 18.4 Å². The van der Waals surface area contributed by atoms with Gasteiger partial charge >= 0.3 is 0 Å². The number of sulfonamides is 1. The molecule has 0 bridgehead atoms. The smallest absolute Gasteiger partial charge is 0.243 e. The maximum Gasteiger partial charge on any atom is 0.243 e. The third kappa shape index (κ3) is 4.81. The zero-order valence-corrected chi connectivity index (χ0v) is 17.8. The SMILES string of the molecule is O=C(NCc1cncnc1)[C@@H]1CC[C@H](c2ccccc2)N(S(=O)(=O)c2ccccc2)C1. The van der Waals surface area contributed by atoms with E-state index in [-0.39, 0.29) is 23.4 Å². The molecular weight excluding hydrogens is 412 g/mol. The second-order valence-electron chi connectivity index (χ2n) is 7.55. The fourth-order valence-electron chi connectivity index (χ4n) is 3.91. The molecule has 2 atom stereocenters. The van der Waals surface area contributed by atoms with Crippen LogP contribution in [0.5, 0.6) is 0 Å². The molecule has 31 heavy (non-hydrogen) atoms. The van der Waals surface area contributed by atoms with Crippen LogP contribution in [0.15, 0.2) is 84.3 Å². The second kappa shape index (κ2) is 9.36. The van der Waals surface area contributed by atoms with Crippen molar-refractivity contribution in [3.8, 4) is 0 Å². The Kier molecular flexibility index (Phi) is 6.39. The number of nitrogens with zero attached hydrogens (tertiary/aromatic N) is 3. The van der Waals surface area contributed by atoms with Crippen molar-refractivity contribution in [3.05, 3.63) is 90.5 Å². The topological polar surface area (TPSA) is 92.3 Å². The van der Waals surface area contributed by atoms with Gasteiger partial charge in [-0.1, -0.05) is 48.5 Å². The minimum absolute atomic E-state index is 0.133. The lowest BCUT2D eigenvalue weighted by molar-refractivity contribution is -0.126. The van der Waals surface area contributed by atoms with Gasteiger partial charge in [-0.15, -0.1) is 0 Å². The van der Waals surface area contributed by atoms with Crippen molar-refractivity contribution in [1.82, 2.24) is 19.6 Å². The molecule has 0 radical (unpaired) electrons. The Balaban J connectivity index is 1.57. The summed E-state index contributed by atoms with van der Waals surface area (Å²) >= 11 is 0. The molecule has 8 heteroatoms. The second-order valence-corrected chi connectivity index (χ2v) is 9.44. The largest absolute Gasteiger partial charge is 0.352 e. The van der Waals surface area contributed by atoms with Crippen LogP contribution in [0, 0.1) is 5.92 Å². The zero-order chi connectivity index (χ0) is 21.7. The molecule has 3 aromatic rings. The van der Waals surface area contributed by atoms with Gasteiger partial charge in [0.1, 0.15) is 6.33 Å². The van der Waals surface area contributed by atoms with Gasteiger partial charge in [0.15, 0.2) is 0 Å². The first-order valence-electron chi connectivity index (χ1n) is 10.2. The van der Waals surface area contributed by atoms with Crippen LogP contribution in [0.3, 0.4) is 0 Å². The molecule has 1 N–H and O–H groups in total. The summed E-state index contributed by atoms with van der Waals surface area (Å²) in [5.41, 5.74) is 1.73. The fourth-order valence-corrected chi connectivity index (χ4v) is 5.62. The summed E-state index contributed by atoms with van der Waals surface area (Å²) in [5, 5.41) is 2.89. The predicted molar refractivity (Wildman–Crippen MR) is 116 cm³/mol. The van der Waals surface area contributed by atoms with E-state index in [9.17, 15) is 13.2 Å². The highest BCUT2D eigenvalue weighted by Crippen LogP contribution is 2.37. The summed E-state index contributed by atoms with van der Waals surface area (Å²) in [4.78, 5) is 21.0. The van der Waals surface area contributed by atoms with Crippen molar-refractivity contribution >= 4 is 15.9 Å². The van der Waals surface area contributed by atoms with Crippen LogP contribution in [0.25, 0.3) is 0 Å². The normalized spacial score (nSPS) is 19.6. The van der Waals surface area contributed by atoms with Crippen LogP contribution in [-0.4, -0.2) is 35.1 Å². The minimum Gasteiger partial charge on any atom is -0.352 e. The Morgan fingerprint density at radius 1 is 0.968 bits per heavy atom. The highest BCUT2D eigenvalue weighted by molar-refractivity contribution is 7.89. The Bertz CT molecular complexity index is 1110. The van der Waals surface area contributed by atoms with E-state index in [1.807, 2.05) is 30.3 Å². The Hall–Kier alpha value is -3.10. The fraction of sp³-hybridized carbons (Fsp3) is 0.261. The van der Waals surface area contributed by atoms with E-state index in [0.717, 1.165) is 11.1 Å². The summed E-state index contributed by atoms with van der Waals surface area (Å²) < 4.78 is 28.5. The Morgan fingerprint density at radius 3 is 2.29 bits per heavy atom. The van der Waals surface area contributed by atoms with Crippen molar-refractivity contribution < 1.29 is 13.2 Å². The van der Waals surface area contributed by atoms with Gasteiger partial charge in [-0.2, -0.15) is 4.31 Å². The van der Waals surface area contributed by atoms with E-state index < -0.39 is 15.9 Å². The van der Waals surface area contributed by atoms with E-state index in [1.54, 1.807) is 42.7 Å². The number of piperidine rings is 1. The van der Waals surface area contributed by atoms with Gasteiger partial charge in [-0.05, 0) is 30.5 Å². The summed E-state index contributed by atoms with van der Waals surface area (Å²) in [6, 6.07) is 17.7. The first kappa shape index (κ1) is 21.1. The number of carbonyl (C=O) groups is 1. The van der Waals surface area contributed by atoms with Crippen molar-refractivity contribution in [3.63, 3.8) is 0 Å². The molecule has 0 aliphatic carbocycles. The maximum atomic E-state index is 13.5. The number of rotatable bonds is 6. The number of aromatic nitrogens is 2. The van der Waals surface area contributed by atoms with Crippen LogP contribution in [0.1, 0.15) is 30.0 Å². The van der Waals surface area contributed by atoms with Crippen LogP contribution in [0.4, 0.5) is 0 Å². The lowest BCUT2D eigenvalue weighted by Gasteiger charge is -2.38. The molecular formula is C23H24N4O3S. The molecule has 4 rings (SSSR count).